The molecule has 9 heteroatoms. The number of benzene rings is 3. The van der Waals surface area contributed by atoms with Crippen molar-refractivity contribution < 1.29 is 17.9 Å². The van der Waals surface area contributed by atoms with E-state index in [-0.39, 0.29) is 4.90 Å². The first kappa shape index (κ1) is 27.8. The molecule has 38 heavy (non-hydrogen) atoms. The standard InChI is InChI=1S/C29H33N3O4S2/c1-4-20-32-28(23-13-17-25(36-3)18-14-23)27(22-11-15-24(35-2)16-12-22)31-29(32)37-21-8-19-30-38(33,34)26-9-6-5-7-10-26/h5-7,9-18,30H,4,8,19-21H2,1-3H3. The minimum absolute atomic E-state index is 0.277. The van der Waals surface area contributed by atoms with Crippen LogP contribution in [-0.4, -0.2) is 44.5 Å². The number of imidazole rings is 1. The number of nitrogens with zero attached hydrogens (tertiary/aromatic N) is 2. The van der Waals surface area contributed by atoms with Gasteiger partial charge in [-0.15, -0.1) is 0 Å². The summed E-state index contributed by atoms with van der Waals surface area (Å²) in [6.45, 7) is 3.32. The Balaban J connectivity index is 1.57. The second-order valence-corrected chi connectivity index (χ2v) is 11.4. The maximum Gasteiger partial charge on any atom is 0.240 e. The number of thioether (sulfide) groups is 1. The average molecular weight is 552 g/mol. The third kappa shape index (κ3) is 6.59. The van der Waals surface area contributed by atoms with Crippen molar-refractivity contribution in [2.24, 2.45) is 0 Å². The maximum atomic E-state index is 12.5. The van der Waals surface area contributed by atoms with Crippen molar-refractivity contribution in [3.63, 3.8) is 0 Å². The van der Waals surface area contributed by atoms with E-state index in [0.29, 0.717) is 13.0 Å². The van der Waals surface area contributed by atoms with Crippen LogP contribution in [0.4, 0.5) is 0 Å². The molecule has 0 amide bonds. The Morgan fingerprint density at radius 1 is 0.868 bits per heavy atom. The van der Waals surface area contributed by atoms with Gasteiger partial charge in [-0.25, -0.2) is 18.1 Å². The molecular formula is C29H33N3O4S2. The third-order valence-electron chi connectivity index (χ3n) is 6.00. The number of hydrogen-bond donors (Lipinski definition) is 1. The van der Waals surface area contributed by atoms with E-state index in [1.165, 1.54) is 0 Å². The number of methoxy groups -OCH3 is 2. The van der Waals surface area contributed by atoms with Gasteiger partial charge in [-0.05, 0) is 73.5 Å². The molecule has 0 aliphatic carbocycles. The van der Waals surface area contributed by atoms with Crippen LogP contribution in [-0.2, 0) is 16.6 Å². The summed E-state index contributed by atoms with van der Waals surface area (Å²) in [5.41, 5.74) is 4.01. The van der Waals surface area contributed by atoms with Crippen LogP contribution in [0, 0.1) is 0 Å². The van der Waals surface area contributed by atoms with Gasteiger partial charge in [0.25, 0.3) is 0 Å². The van der Waals surface area contributed by atoms with Crippen LogP contribution in [0.2, 0.25) is 0 Å². The molecule has 0 unspecified atom stereocenters. The highest BCUT2D eigenvalue weighted by Crippen LogP contribution is 2.37. The summed E-state index contributed by atoms with van der Waals surface area (Å²) in [7, 11) is -0.193. The summed E-state index contributed by atoms with van der Waals surface area (Å²) in [4.78, 5) is 5.36. The normalized spacial score (nSPS) is 11.4. The van der Waals surface area contributed by atoms with Crippen molar-refractivity contribution in [1.82, 2.24) is 14.3 Å². The van der Waals surface area contributed by atoms with E-state index in [1.807, 2.05) is 36.4 Å². The zero-order chi connectivity index (χ0) is 27.0. The number of aromatic nitrogens is 2. The first-order chi connectivity index (χ1) is 18.5. The molecule has 0 radical (unpaired) electrons. The summed E-state index contributed by atoms with van der Waals surface area (Å²) < 4.78 is 40.7. The quantitative estimate of drug-likeness (QED) is 0.160. The van der Waals surface area contributed by atoms with Crippen LogP contribution in [0.5, 0.6) is 11.5 Å². The van der Waals surface area contributed by atoms with E-state index in [9.17, 15) is 8.42 Å². The predicted octanol–water partition coefficient (Wildman–Crippen LogP) is 6.11. The van der Waals surface area contributed by atoms with Crippen molar-refractivity contribution in [1.29, 1.82) is 0 Å². The Morgan fingerprint density at radius 2 is 1.47 bits per heavy atom. The lowest BCUT2D eigenvalue weighted by Gasteiger charge is -2.13. The predicted molar refractivity (Wildman–Crippen MR) is 153 cm³/mol. The van der Waals surface area contributed by atoms with Crippen LogP contribution in [0.15, 0.2) is 88.9 Å². The lowest BCUT2D eigenvalue weighted by molar-refractivity contribution is 0.414. The van der Waals surface area contributed by atoms with Crippen molar-refractivity contribution in [2.75, 3.05) is 26.5 Å². The zero-order valence-electron chi connectivity index (χ0n) is 21.9. The molecule has 0 aliphatic rings. The van der Waals surface area contributed by atoms with Gasteiger partial charge in [0.2, 0.25) is 10.0 Å². The van der Waals surface area contributed by atoms with Crippen LogP contribution >= 0.6 is 11.8 Å². The second-order valence-electron chi connectivity index (χ2n) is 8.61. The highest BCUT2D eigenvalue weighted by Gasteiger charge is 2.20. The number of rotatable bonds is 13. The zero-order valence-corrected chi connectivity index (χ0v) is 23.5. The van der Waals surface area contributed by atoms with Gasteiger partial charge in [0.1, 0.15) is 11.5 Å². The molecule has 1 N–H and O–H groups in total. The number of sulfonamides is 1. The Labute approximate surface area is 229 Å². The lowest BCUT2D eigenvalue weighted by Crippen LogP contribution is -2.25. The van der Waals surface area contributed by atoms with Gasteiger partial charge < -0.3 is 14.0 Å². The molecule has 0 bridgehead atoms. The van der Waals surface area contributed by atoms with Crippen molar-refractivity contribution >= 4 is 21.8 Å². The van der Waals surface area contributed by atoms with E-state index >= 15 is 0 Å². The van der Waals surface area contributed by atoms with Crippen LogP contribution in [0.3, 0.4) is 0 Å². The highest BCUT2D eigenvalue weighted by atomic mass is 32.2. The third-order valence-corrected chi connectivity index (χ3v) is 8.54. The molecule has 4 aromatic rings. The summed E-state index contributed by atoms with van der Waals surface area (Å²) in [6.07, 6.45) is 1.62. The highest BCUT2D eigenvalue weighted by molar-refractivity contribution is 7.99. The summed E-state index contributed by atoms with van der Waals surface area (Å²) in [5.74, 6) is 2.32. The van der Waals surface area contributed by atoms with E-state index in [1.54, 1.807) is 56.3 Å². The first-order valence-corrected chi connectivity index (χ1v) is 15.0. The van der Waals surface area contributed by atoms with E-state index in [0.717, 1.165) is 57.9 Å². The molecule has 0 spiro atoms. The molecule has 7 nitrogen and oxygen atoms in total. The maximum absolute atomic E-state index is 12.5. The van der Waals surface area contributed by atoms with Gasteiger partial charge in [0.15, 0.2) is 5.16 Å². The molecule has 0 aliphatic heterocycles. The van der Waals surface area contributed by atoms with Crippen LogP contribution < -0.4 is 14.2 Å². The summed E-state index contributed by atoms with van der Waals surface area (Å²) >= 11 is 1.64. The Kier molecular flexibility index (Phi) is 9.49. The van der Waals surface area contributed by atoms with E-state index < -0.39 is 10.0 Å². The smallest absolute Gasteiger partial charge is 0.240 e. The van der Waals surface area contributed by atoms with Gasteiger partial charge >= 0.3 is 0 Å². The molecule has 0 saturated heterocycles. The number of ether oxygens (including phenoxy) is 2. The fraction of sp³-hybridized carbons (Fsp3) is 0.276. The molecule has 200 valence electrons. The number of hydrogen-bond acceptors (Lipinski definition) is 6. The van der Waals surface area contributed by atoms with Gasteiger partial charge in [0.05, 0.1) is 30.5 Å². The van der Waals surface area contributed by atoms with Gasteiger partial charge in [-0.2, -0.15) is 0 Å². The molecular weight excluding hydrogens is 518 g/mol. The van der Waals surface area contributed by atoms with Gasteiger partial charge in [0, 0.05) is 30.0 Å². The average Bonchev–Trinajstić information content (AvgIpc) is 3.31. The second kappa shape index (κ2) is 13.0. The van der Waals surface area contributed by atoms with Crippen LogP contribution in [0.25, 0.3) is 22.5 Å². The van der Waals surface area contributed by atoms with Crippen molar-refractivity contribution in [2.45, 2.75) is 36.4 Å². The lowest BCUT2D eigenvalue weighted by atomic mass is 10.0. The fourth-order valence-electron chi connectivity index (χ4n) is 4.09. The minimum atomic E-state index is -3.51. The van der Waals surface area contributed by atoms with E-state index in [2.05, 4.69) is 28.3 Å². The summed E-state index contributed by atoms with van der Waals surface area (Å²) in [5, 5.41) is 0.911. The van der Waals surface area contributed by atoms with Gasteiger partial charge in [-0.1, -0.05) is 36.9 Å². The van der Waals surface area contributed by atoms with Crippen molar-refractivity contribution in [3.05, 3.63) is 78.9 Å². The summed E-state index contributed by atoms with van der Waals surface area (Å²) in [6, 6.07) is 24.4. The Bertz CT molecular complexity index is 1420. The molecule has 0 saturated carbocycles. The monoisotopic (exact) mass is 551 g/mol. The molecule has 0 atom stereocenters. The molecule has 1 aromatic heterocycles. The molecule has 4 rings (SSSR count). The molecule has 0 fully saturated rings. The largest absolute Gasteiger partial charge is 0.497 e. The Hall–Kier alpha value is -3.27. The minimum Gasteiger partial charge on any atom is -0.497 e. The van der Waals surface area contributed by atoms with E-state index in [4.69, 9.17) is 14.5 Å². The molecule has 1 heterocycles. The Morgan fingerprint density at radius 3 is 2.05 bits per heavy atom. The topological polar surface area (TPSA) is 82.5 Å². The fourth-order valence-corrected chi connectivity index (χ4v) is 6.15. The van der Waals surface area contributed by atoms with Gasteiger partial charge in [-0.3, -0.25) is 0 Å². The van der Waals surface area contributed by atoms with Crippen molar-refractivity contribution in [3.8, 4) is 34.0 Å². The first-order valence-electron chi connectivity index (χ1n) is 12.5. The van der Waals surface area contributed by atoms with Crippen LogP contribution in [0.1, 0.15) is 19.8 Å². The SMILES string of the molecule is CCCn1c(SCCCNS(=O)(=O)c2ccccc2)nc(-c2ccc(OC)cc2)c1-c1ccc(OC)cc1. The molecule has 3 aromatic carbocycles. The number of nitrogens with one attached hydrogen (secondary N) is 1.